The molecule has 1 aliphatic rings. The first kappa shape index (κ1) is 25.7. The van der Waals surface area contributed by atoms with E-state index in [-0.39, 0.29) is 11.2 Å². The number of ketones is 1. The van der Waals surface area contributed by atoms with Crippen molar-refractivity contribution in [3.63, 3.8) is 0 Å². The van der Waals surface area contributed by atoms with E-state index in [1.807, 2.05) is 18.2 Å². The van der Waals surface area contributed by atoms with Crippen molar-refractivity contribution in [2.45, 2.75) is 19.3 Å². The van der Waals surface area contributed by atoms with Crippen LogP contribution in [0.5, 0.6) is 0 Å². The smallest absolute Gasteiger partial charge is 0.193 e. The van der Waals surface area contributed by atoms with Crippen molar-refractivity contribution in [3.8, 4) is 11.1 Å². The van der Waals surface area contributed by atoms with Crippen LogP contribution in [0.2, 0.25) is 0 Å². The van der Waals surface area contributed by atoms with E-state index in [1.54, 1.807) is 11.3 Å². The Morgan fingerprint density at radius 3 is 1.98 bits per heavy atom. The molecule has 0 aliphatic heterocycles. The summed E-state index contributed by atoms with van der Waals surface area (Å²) in [6, 6.07) is 49.0. The molecular formula is C40H29NOS. The summed E-state index contributed by atoms with van der Waals surface area (Å²) in [7, 11) is 0. The zero-order valence-corrected chi connectivity index (χ0v) is 24.9. The molecule has 206 valence electrons. The van der Waals surface area contributed by atoms with Crippen molar-refractivity contribution >= 4 is 54.4 Å². The zero-order valence-electron chi connectivity index (χ0n) is 24.0. The molecule has 0 fully saturated rings. The summed E-state index contributed by atoms with van der Waals surface area (Å²) in [5, 5.41) is 2.41. The Labute approximate surface area is 255 Å². The Morgan fingerprint density at radius 1 is 0.535 bits per heavy atom. The Hall–Kier alpha value is -4.99. The molecule has 0 N–H and O–H groups in total. The van der Waals surface area contributed by atoms with E-state index in [2.05, 4.69) is 140 Å². The number of hydrogen-bond donors (Lipinski definition) is 0. The molecule has 6 aromatic carbocycles. The number of nitrogens with zero attached hydrogens (tertiary/aromatic N) is 1. The topological polar surface area (TPSA) is 20.3 Å². The number of rotatable bonds is 4. The largest absolute Gasteiger partial charge is 0.310 e. The molecule has 0 spiro atoms. The Kier molecular flexibility index (Phi) is 5.85. The number of carbonyl (C=O) groups is 1. The van der Waals surface area contributed by atoms with Crippen molar-refractivity contribution in [1.82, 2.24) is 0 Å². The summed E-state index contributed by atoms with van der Waals surface area (Å²) in [6.07, 6.45) is 0. The van der Waals surface area contributed by atoms with E-state index in [0.29, 0.717) is 0 Å². The van der Waals surface area contributed by atoms with Crippen molar-refractivity contribution < 1.29 is 4.79 Å². The molecule has 1 aliphatic carbocycles. The molecule has 0 bridgehead atoms. The van der Waals surface area contributed by atoms with Gasteiger partial charge < -0.3 is 4.90 Å². The highest BCUT2D eigenvalue weighted by Gasteiger charge is 2.37. The van der Waals surface area contributed by atoms with Crippen molar-refractivity contribution in [2.24, 2.45) is 0 Å². The number of benzene rings is 6. The quantitative estimate of drug-likeness (QED) is 0.209. The average Bonchev–Trinajstić information content (AvgIpc) is 3.42. The highest BCUT2D eigenvalue weighted by molar-refractivity contribution is 7.25. The van der Waals surface area contributed by atoms with Crippen LogP contribution in [0.4, 0.5) is 17.1 Å². The van der Waals surface area contributed by atoms with Gasteiger partial charge in [-0.3, -0.25) is 4.79 Å². The molecule has 0 amide bonds. The van der Waals surface area contributed by atoms with Crippen LogP contribution in [0.3, 0.4) is 0 Å². The van der Waals surface area contributed by atoms with Gasteiger partial charge in [0.05, 0.1) is 5.69 Å². The number of carbonyl (C=O) groups excluding carboxylic acids is 1. The molecule has 1 aromatic heterocycles. The zero-order chi connectivity index (χ0) is 29.1. The van der Waals surface area contributed by atoms with Gasteiger partial charge in [-0.2, -0.15) is 0 Å². The second-order valence-corrected chi connectivity index (χ2v) is 12.8. The molecule has 7 aromatic rings. The molecule has 0 saturated carbocycles. The van der Waals surface area contributed by atoms with Crippen LogP contribution < -0.4 is 4.90 Å². The van der Waals surface area contributed by atoms with Gasteiger partial charge in [-0.05, 0) is 65.2 Å². The predicted octanol–water partition coefficient (Wildman–Crippen LogP) is 11.1. The normalized spacial score (nSPS) is 13.6. The predicted molar refractivity (Wildman–Crippen MR) is 181 cm³/mol. The third kappa shape index (κ3) is 4.04. The maximum atomic E-state index is 13.7. The first-order chi connectivity index (χ1) is 21.0. The van der Waals surface area contributed by atoms with Gasteiger partial charge in [0.15, 0.2) is 5.78 Å². The van der Waals surface area contributed by atoms with Gasteiger partial charge >= 0.3 is 0 Å². The Morgan fingerprint density at radius 2 is 1.19 bits per heavy atom. The van der Waals surface area contributed by atoms with Gasteiger partial charge in [-0.1, -0.05) is 105 Å². The molecule has 0 unspecified atom stereocenters. The van der Waals surface area contributed by atoms with E-state index in [4.69, 9.17) is 0 Å². The fraction of sp³-hybridized carbons (Fsp3) is 0.0750. The molecule has 1 heterocycles. The summed E-state index contributed by atoms with van der Waals surface area (Å²) in [4.78, 5) is 16.0. The number of thiophene rings is 1. The van der Waals surface area contributed by atoms with E-state index in [0.717, 1.165) is 44.0 Å². The van der Waals surface area contributed by atoms with Gasteiger partial charge in [0, 0.05) is 53.7 Å². The first-order valence-electron chi connectivity index (χ1n) is 14.7. The standard InChI is InChI=1S/C40H29NOS/c1-40(2)34-19-11-9-18-30(34)39(42)33-25-38-32(24-35(33)40)31-23-28(21-22-37(31)43-38)41(27-15-7-4-8-16-27)36-20-12-10-17-29(36)26-13-5-3-6-14-26/h3-25H,1-2H3. The molecular weight excluding hydrogens is 543 g/mol. The lowest BCUT2D eigenvalue weighted by atomic mass is 9.68. The third-order valence-electron chi connectivity index (χ3n) is 8.86. The van der Waals surface area contributed by atoms with Gasteiger partial charge in [0.1, 0.15) is 0 Å². The average molecular weight is 572 g/mol. The Bertz CT molecular complexity index is 2180. The van der Waals surface area contributed by atoms with E-state index in [9.17, 15) is 4.79 Å². The number of hydrogen-bond acceptors (Lipinski definition) is 3. The molecule has 2 nitrogen and oxygen atoms in total. The Balaban J connectivity index is 1.35. The minimum atomic E-state index is -0.273. The second kappa shape index (κ2) is 9.79. The maximum Gasteiger partial charge on any atom is 0.193 e. The molecule has 0 radical (unpaired) electrons. The van der Waals surface area contributed by atoms with Crippen LogP contribution in [0.15, 0.2) is 140 Å². The van der Waals surface area contributed by atoms with Gasteiger partial charge in [0.2, 0.25) is 0 Å². The molecule has 43 heavy (non-hydrogen) atoms. The van der Waals surface area contributed by atoms with Crippen LogP contribution in [-0.2, 0) is 5.41 Å². The lowest BCUT2D eigenvalue weighted by Crippen LogP contribution is -2.30. The monoisotopic (exact) mass is 571 g/mol. The van der Waals surface area contributed by atoms with Crippen LogP contribution >= 0.6 is 11.3 Å². The van der Waals surface area contributed by atoms with Crippen LogP contribution in [0, 0.1) is 0 Å². The van der Waals surface area contributed by atoms with E-state index >= 15 is 0 Å². The van der Waals surface area contributed by atoms with Crippen molar-refractivity contribution in [3.05, 3.63) is 162 Å². The van der Waals surface area contributed by atoms with Gasteiger partial charge in [0.25, 0.3) is 0 Å². The van der Waals surface area contributed by atoms with Crippen molar-refractivity contribution in [2.75, 3.05) is 4.90 Å². The maximum absolute atomic E-state index is 13.7. The molecule has 8 rings (SSSR count). The van der Waals surface area contributed by atoms with Crippen molar-refractivity contribution in [1.29, 1.82) is 0 Å². The molecule has 3 heteroatoms. The van der Waals surface area contributed by atoms with Crippen LogP contribution in [0.25, 0.3) is 31.3 Å². The van der Waals surface area contributed by atoms with Gasteiger partial charge in [-0.15, -0.1) is 11.3 Å². The van der Waals surface area contributed by atoms with Gasteiger partial charge in [-0.25, -0.2) is 0 Å². The number of para-hydroxylation sites is 2. The summed E-state index contributed by atoms with van der Waals surface area (Å²) in [5.74, 6) is 0.123. The highest BCUT2D eigenvalue weighted by atomic mass is 32.1. The highest BCUT2D eigenvalue weighted by Crippen LogP contribution is 2.47. The van der Waals surface area contributed by atoms with E-state index in [1.165, 1.54) is 26.6 Å². The summed E-state index contributed by atoms with van der Waals surface area (Å²) >= 11 is 1.76. The van der Waals surface area contributed by atoms with E-state index < -0.39 is 0 Å². The SMILES string of the molecule is CC1(C)c2ccccc2C(=O)c2cc3sc4ccc(N(c5ccccc5)c5ccccc5-c5ccccc5)cc4c3cc21. The fourth-order valence-corrected chi connectivity index (χ4v) is 7.81. The van der Waals surface area contributed by atoms with Crippen LogP contribution in [0.1, 0.15) is 40.9 Å². The molecule has 0 saturated heterocycles. The second-order valence-electron chi connectivity index (χ2n) is 11.7. The number of fused-ring (bicyclic) bond motifs is 5. The lowest BCUT2D eigenvalue weighted by Gasteiger charge is -2.34. The molecule has 0 atom stereocenters. The third-order valence-corrected chi connectivity index (χ3v) is 9.99. The summed E-state index contributed by atoms with van der Waals surface area (Å²) < 4.78 is 2.36. The number of anilines is 3. The lowest BCUT2D eigenvalue weighted by molar-refractivity contribution is 0.103. The minimum Gasteiger partial charge on any atom is -0.310 e. The first-order valence-corrected chi connectivity index (χ1v) is 15.5. The fourth-order valence-electron chi connectivity index (χ4n) is 6.71. The summed E-state index contributed by atoms with van der Waals surface area (Å²) in [5.41, 5.74) is 9.25. The van der Waals surface area contributed by atoms with Crippen LogP contribution in [-0.4, -0.2) is 5.78 Å². The summed E-state index contributed by atoms with van der Waals surface area (Å²) in [6.45, 7) is 4.47. The minimum absolute atomic E-state index is 0.123.